The Bertz CT molecular complexity index is 537. The molecule has 1 aromatic rings. The van der Waals surface area contributed by atoms with Crippen LogP contribution in [0.3, 0.4) is 0 Å². The third-order valence-electron chi connectivity index (χ3n) is 4.34. The lowest BCUT2D eigenvalue weighted by Crippen LogP contribution is -2.61. The first-order valence-corrected chi connectivity index (χ1v) is 7.73. The molecule has 21 heavy (non-hydrogen) atoms. The summed E-state index contributed by atoms with van der Waals surface area (Å²) in [6.45, 7) is 4.72. The lowest BCUT2D eigenvalue weighted by molar-refractivity contribution is -0.151. The van der Waals surface area contributed by atoms with Crippen LogP contribution in [0.15, 0.2) is 30.3 Å². The van der Waals surface area contributed by atoms with Gasteiger partial charge in [0.25, 0.3) is 5.91 Å². The van der Waals surface area contributed by atoms with Crippen LogP contribution in [0.2, 0.25) is 0 Å². The molecule has 2 aliphatic rings. The monoisotopic (exact) mass is 286 g/mol. The van der Waals surface area contributed by atoms with Gasteiger partial charge in [0.1, 0.15) is 12.1 Å². The first-order chi connectivity index (χ1) is 10.1. The second kappa shape index (κ2) is 5.51. The van der Waals surface area contributed by atoms with Gasteiger partial charge < -0.3 is 10.2 Å². The number of nitrogens with one attached hydrogen (secondary N) is 1. The van der Waals surface area contributed by atoms with Crippen LogP contribution in [0.5, 0.6) is 0 Å². The maximum absolute atomic E-state index is 12.9. The zero-order chi connectivity index (χ0) is 15.0. The van der Waals surface area contributed by atoms with Crippen molar-refractivity contribution in [2.24, 2.45) is 11.8 Å². The highest BCUT2D eigenvalue weighted by atomic mass is 16.2. The maximum Gasteiger partial charge on any atom is 0.250 e. The van der Waals surface area contributed by atoms with E-state index in [-0.39, 0.29) is 23.8 Å². The van der Waals surface area contributed by atoms with Crippen molar-refractivity contribution >= 4 is 11.8 Å². The van der Waals surface area contributed by atoms with Crippen molar-refractivity contribution < 1.29 is 9.59 Å². The highest BCUT2D eigenvalue weighted by Crippen LogP contribution is 2.34. The van der Waals surface area contributed by atoms with Gasteiger partial charge in [0.2, 0.25) is 5.91 Å². The maximum atomic E-state index is 12.9. The van der Waals surface area contributed by atoms with Gasteiger partial charge in [-0.3, -0.25) is 9.59 Å². The molecule has 1 aromatic carbocycles. The fourth-order valence-electron chi connectivity index (χ4n) is 3.05. The van der Waals surface area contributed by atoms with E-state index in [0.717, 1.165) is 12.1 Å². The van der Waals surface area contributed by atoms with Crippen molar-refractivity contribution in [3.05, 3.63) is 35.9 Å². The largest absolute Gasteiger partial charge is 0.339 e. The fraction of sp³-hybridized carbons (Fsp3) is 0.529. The van der Waals surface area contributed by atoms with Gasteiger partial charge in [0.15, 0.2) is 0 Å². The van der Waals surface area contributed by atoms with Crippen LogP contribution in [0, 0.1) is 11.8 Å². The Balaban J connectivity index is 1.88. The molecule has 2 fully saturated rings. The van der Waals surface area contributed by atoms with Gasteiger partial charge in [-0.2, -0.15) is 0 Å². The molecule has 2 amide bonds. The minimum Gasteiger partial charge on any atom is -0.339 e. The molecular formula is C17H22N2O2. The Morgan fingerprint density at radius 1 is 1.19 bits per heavy atom. The van der Waals surface area contributed by atoms with Crippen LogP contribution in [0.1, 0.15) is 38.3 Å². The summed E-state index contributed by atoms with van der Waals surface area (Å²) in [6, 6.07) is 8.63. The Hall–Kier alpha value is -1.84. The quantitative estimate of drug-likeness (QED) is 0.921. The molecule has 4 heteroatoms. The first-order valence-electron chi connectivity index (χ1n) is 7.73. The molecule has 1 saturated carbocycles. The van der Waals surface area contributed by atoms with E-state index in [4.69, 9.17) is 0 Å². The molecule has 112 valence electrons. The first kappa shape index (κ1) is 14.1. The van der Waals surface area contributed by atoms with Crippen LogP contribution in [-0.4, -0.2) is 29.3 Å². The van der Waals surface area contributed by atoms with E-state index >= 15 is 0 Å². The molecule has 0 spiro atoms. The summed E-state index contributed by atoms with van der Waals surface area (Å²) >= 11 is 0. The van der Waals surface area contributed by atoms with Crippen LogP contribution in [-0.2, 0) is 9.59 Å². The Morgan fingerprint density at radius 2 is 1.86 bits per heavy atom. The smallest absolute Gasteiger partial charge is 0.250 e. The highest BCUT2D eigenvalue weighted by Gasteiger charge is 2.44. The van der Waals surface area contributed by atoms with Crippen molar-refractivity contribution in [2.45, 2.75) is 38.8 Å². The topological polar surface area (TPSA) is 49.4 Å². The SMILES string of the molecule is CC(C)C1C(=O)NC(c2ccccc2)C(=O)N1CC1CC1. The molecule has 2 atom stereocenters. The van der Waals surface area contributed by atoms with E-state index < -0.39 is 6.04 Å². The third-order valence-corrected chi connectivity index (χ3v) is 4.34. The molecule has 3 rings (SSSR count). The molecule has 4 nitrogen and oxygen atoms in total. The van der Waals surface area contributed by atoms with Crippen LogP contribution in [0.4, 0.5) is 0 Å². The third kappa shape index (κ3) is 2.80. The van der Waals surface area contributed by atoms with Crippen molar-refractivity contribution in [3.63, 3.8) is 0 Å². The van der Waals surface area contributed by atoms with Gasteiger partial charge in [-0.25, -0.2) is 0 Å². The fourth-order valence-corrected chi connectivity index (χ4v) is 3.05. The van der Waals surface area contributed by atoms with Gasteiger partial charge in [0, 0.05) is 6.54 Å². The van der Waals surface area contributed by atoms with E-state index in [9.17, 15) is 9.59 Å². The van der Waals surface area contributed by atoms with E-state index in [0.29, 0.717) is 5.92 Å². The molecule has 1 N–H and O–H groups in total. The Morgan fingerprint density at radius 3 is 2.43 bits per heavy atom. The predicted molar refractivity (Wildman–Crippen MR) is 80.4 cm³/mol. The molecule has 1 aliphatic carbocycles. The van der Waals surface area contributed by atoms with Gasteiger partial charge in [-0.15, -0.1) is 0 Å². The molecule has 1 heterocycles. The van der Waals surface area contributed by atoms with Crippen LogP contribution in [0.25, 0.3) is 0 Å². The Kier molecular flexibility index (Phi) is 3.70. The van der Waals surface area contributed by atoms with Crippen LogP contribution >= 0.6 is 0 Å². The summed E-state index contributed by atoms with van der Waals surface area (Å²) in [5, 5.41) is 2.91. The number of piperazine rings is 1. The molecule has 0 radical (unpaired) electrons. The van der Waals surface area contributed by atoms with Gasteiger partial charge in [-0.1, -0.05) is 44.2 Å². The van der Waals surface area contributed by atoms with Gasteiger partial charge >= 0.3 is 0 Å². The van der Waals surface area contributed by atoms with Crippen molar-refractivity contribution in [2.75, 3.05) is 6.54 Å². The standard InChI is InChI=1S/C17H22N2O2/c1-11(2)15-16(20)18-14(13-6-4-3-5-7-13)17(21)19(15)10-12-8-9-12/h3-7,11-12,14-15H,8-10H2,1-2H3,(H,18,20). The second-order valence-electron chi connectivity index (χ2n) is 6.48. The number of hydrogen-bond acceptors (Lipinski definition) is 2. The van der Waals surface area contributed by atoms with Crippen molar-refractivity contribution in [3.8, 4) is 0 Å². The number of carbonyl (C=O) groups excluding carboxylic acids is 2. The minimum atomic E-state index is -0.535. The van der Waals surface area contributed by atoms with E-state index in [2.05, 4.69) is 5.32 Å². The lowest BCUT2D eigenvalue weighted by atomic mass is 9.94. The molecule has 0 bridgehead atoms. The number of rotatable bonds is 4. The number of amides is 2. The molecule has 2 unspecified atom stereocenters. The Labute approximate surface area is 125 Å². The normalized spacial score (nSPS) is 26.1. The summed E-state index contributed by atoms with van der Waals surface area (Å²) in [7, 11) is 0. The lowest BCUT2D eigenvalue weighted by Gasteiger charge is -2.41. The zero-order valence-corrected chi connectivity index (χ0v) is 12.6. The van der Waals surface area contributed by atoms with Crippen molar-refractivity contribution in [1.82, 2.24) is 10.2 Å². The summed E-state index contributed by atoms with van der Waals surface area (Å²) in [4.78, 5) is 27.2. The van der Waals surface area contributed by atoms with E-state index in [1.165, 1.54) is 12.8 Å². The average molecular weight is 286 g/mol. The number of nitrogens with zero attached hydrogens (tertiary/aromatic N) is 1. The molecule has 0 aromatic heterocycles. The summed E-state index contributed by atoms with van der Waals surface area (Å²) in [5.74, 6) is 0.715. The molecule has 1 aliphatic heterocycles. The zero-order valence-electron chi connectivity index (χ0n) is 12.6. The molecule has 1 saturated heterocycles. The summed E-state index contributed by atoms with van der Waals surface area (Å²) in [6.07, 6.45) is 2.35. The van der Waals surface area contributed by atoms with Gasteiger partial charge in [-0.05, 0) is 30.2 Å². The average Bonchev–Trinajstić information content (AvgIpc) is 3.27. The van der Waals surface area contributed by atoms with E-state index in [1.807, 2.05) is 49.1 Å². The van der Waals surface area contributed by atoms with Crippen molar-refractivity contribution in [1.29, 1.82) is 0 Å². The minimum absolute atomic E-state index is 0.0286. The summed E-state index contributed by atoms with van der Waals surface area (Å²) < 4.78 is 0. The summed E-state index contributed by atoms with van der Waals surface area (Å²) in [5.41, 5.74) is 0.860. The van der Waals surface area contributed by atoms with E-state index in [1.54, 1.807) is 0 Å². The number of hydrogen-bond donors (Lipinski definition) is 1. The number of carbonyl (C=O) groups is 2. The number of benzene rings is 1. The van der Waals surface area contributed by atoms with Crippen LogP contribution < -0.4 is 5.32 Å². The van der Waals surface area contributed by atoms with Gasteiger partial charge in [0.05, 0.1) is 0 Å². The predicted octanol–water partition coefficient (Wildman–Crippen LogP) is 2.12. The molecular weight excluding hydrogens is 264 g/mol. The highest BCUT2D eigenvalue weighted by molar-refractivity contribution is 5.97. The second-order valence-corrected chi connectivity index (χ2v) is 6.48.